The van der Waals surface area contributed by atoms with Gasteiger partial charge in [-0.25, -0.2) is 4.98 Å². The highest BCUT2D eigenvalue weighted by atomic mass is 35.5. The van der Waals surface area contributed by atoms with Crippen molar-refractivity contribution >= 4 is 29.1 Å². The molecule has 3 aromatic heterocycles. The van der Waals surface area contributed by atoms with E-state index in [1.807, 2.05) is 31.2 Å². The molecular formula is C14H9ClN6OS. The Morgan fingerprint density at radius 1 is 1.22 bits per heavy atom. The second kappa shape index (κ2) is 5.64. The molecule has 0 aliphatic heterocycles. The quantitative estimate of drug-likeness (QED) is 0.527. The molecule has 0 aliphatic rings. The second-order valence-electron chi connectivity index (χ2n) is 4.66. The van der Waals surface area contributed by atoms with E-state index in [2.05, 4.69) is 25.3 Å². The fourth-order valence-corrected chi connectivity index (χ4v) is 3.10. The van der Waals surface area contributed by atoms with Gasteiger partial charge in [0.1, 0.15) is 11.4 Å². The number of halogens is 1. The number of rotatable bonds is 3. The van der Waals surface area contributed by atoms with Crippen molar-refractivity contribution in [3.05, 3.63) is 47.4 Å². The van der Waals surface area contributed by atoms with E-state index < -0.39 is 0 Å². The largest absolute Gasteiger partial charge is 0.411 e. The van der Waals surface area contributed by atoms with Gasteiger partial charge in [0, 0.05) is 5.69 Å². The van der Waals surface area contributed by atoms with Gasteiger partial charge in [-0.2, -0.15) is 14.6 Å². The summed E-state index contributed by atoms with van der Waals surface area (Å²) in [5, 5.41) is 14.0. The van der Waals surface area contributed by atoms with Crippen molar-refractivity contribution in [2.24, 2.45) is 0 Å². The SMILES string of the molecule is Cc1cc(Sc2nnc(-c3ccccc3Cl)o2)n2ncnc2n1. The molecule has 4 rings (SSSR count). The first-order valence-electron chi connectivity index (χ1n) is 6.64. The van der Waals surface area contributed by atoms with Gasteiger partial charge in [-0.05, 0) is 36.9 Å². The zero-order chi connectivity index (χ0) is 15.8. The van der Waals surface area contributed by atoms with Gasteiger partial charge in [0.2, 0.25) is 5.89 Å². The molecule has 0 atom stereocenters. The van der Waals surface area contributed by atoms with Crippen molar-refractivity contribution in [3.63, 3.8) is 0 Å². The molecule has 0 bridgehead atoms. The summed E-state index contributed by atoms with van der Waals surface area (Å²) in [5.41, 5.74) is 1.53. The first kappa shape index (κ1) is 14.2. The number of nitrogens with zero attached hydrogens (tertiary/aromatic N) is 6. The van der Waals surface area contributed by atoms with Gasteiger partial charge in [-0.15, -0.1) is 10.2 Å². The Hall–Kier alpha value is -2.45. The molecule has 23 heavy (non-hydrogen) atoms. The first-order valence-corrected chi connectivity index (χ1v) is 7.84. The zero-order valence-corrected chi connectivity index (χ0v) is 13.4. The van der Waals surface area contributed by atoms with E-state index in [1.54, 1.807) is 10.6 Å². The molecule has 4 aromatic rings. The third kappa shape index (κ3) is 2.66. The minimum absolute atomic E-state index is 0.374. The summed E-state index contributed by atoms with van der Waals surface area (Å²) in [4.78, 5) is 8.38. The van der Waals surface area contributed by atoms with E-state index in [4.69, 9.17) is 16.0 Å². The molecule has 114 valence electrons. The topological polar surface area (TPSA) is 82.0 Å². The van der Waals surface area contributed by atoms with Crippen LogP contribution in [0.3, 0.4) is 0 Å². The van der Waals surface area contributed by atoms with E-state index in [0.29, 0.717) is 27.5 Å². The predicted molar refractivity (Wildman–Crippen MR) is 84.4 cm³/mol. The van der Waals surface area contributed by atoms with Crippen LogP contribution in [0, 0.1) is 6.92 Å². The fourth-order valence-electron chi connectivity index (χ4n) is 2.05. The molecule has 0 saturated carbocycles. The average molecular weight is 345 g/mol. The van der Waals surface area contributed by atoms with Crippen LogP contribution in [0.25, 0.3) is 17.2 Å². The third-order valence-electron chi connectivity index (χ3n) is 3.05. The summed E-state index contributed by atoms with van der Waals surface area (Å²) >= 11 is 7.44. The van der Waals surface area contributed by atoms with Crippen LogP contribution in [-0.4, -0.2) is 29.8 Å². The lowest BCUT2D eigenvalue weighted by Gasteiger charge is -2.01. The maximum atomic E-state index is 6.15. The van der Waals surface area contributed by atoms with Crippen LogP contribution in [0.15, 0.2) is 51.3 Å². The Labute approximate surface area is 139 Å². The van der Waals surface area contributed by atoms with Crippen molar-refractivity contribution in [2.75, 3.05) is 0 Å². The highest BCUT2D eigenvalue weighted by molar-refractivity contribution is 7.99. The van der Waals surface area contributed by atoms with Crippen LogP contribution in [-0.2, 0) is 0 Å². The van der Waals surface area contributed by atoms with Crippen LogP contribution >= 0.6 is 23.4 Å². The summed E-state index contributed by atoms with van der Waals surface area (Å²) < 4.78 is 7.32. The average Bonchev–Trinajstić information content (AvgIpc) is 3.17. The van der Waals surface area contributed by atoms with Gasteiger partial charge in [0.25, 0.3) is 11.0 Å². The Bertz CT molecular complexity index is 998. The van der Waals surface area contributed by atoms with E-state index in [9.17, 15) is 0 Å². The Morgan fingerprint density at radius 2 is 2.09 bits per heavy atom. The van der Waals surface area contributed by atoms with Crippen LogP contribution < -0.4 is 0 Å². The summed E-state index contributed by atoms with van der Waals surface area (Å²) in [6.07, 6.45) is 1.45. The Balaban J connectivity index is 1.70. The molecule has 9 heteroatoms. The summed E-state index contributed by atoms with van der Waals surface area (Å²) in [6, 6.07) is 9.20. The van der Waals surface area contributed by atoms with E-state index in [0.717, 1.165) is 10.7 Å². The zero-order valence-electron chi connectivity index (χ0n) is 11.8. The number of benzene rings is 1. The first-order chi connectivity index (χ1) is 11.2. The van der Waals surface area contributed by atoms with Crippen LogP contribution in [0.5, 0.6) is 0 Å². The monoisotopic (exact) mass is 344 g/mol. The number of aryl methyl sites for hydroxylation is 1. The van der Waals surface area contributed by atoms with E-state index >= 15 is 0 Å². The maximum Gasteiger partial charge on any atom is 0.283 e. The highest BCUT2D eigenvalue weighted by Gasteiger charge is 2.15. The molecule has 0 saturated heterocycles. The molecule has 0 amide bonds. The number of hydrogen-bond acceptors (Lipinski definition) is 7. The van der Waals surface area contributed by atoms with E-state index in [1.165, 1.54) is 18.1 Å². The highest BCUT2D eigenvalue weighted by Crippen LogP contribution is 2.31. The lowest BCUT2D eigenvalue weighted by molar-refractivity contribution is 0.465. The lowest BCUT2D eigenvalue weighted by atomic mass is 10.2. The number of hydrogen-bond donors (Lipinski definition) is 0. The molecule has 7 nitrogen and oxygen atoms in total. The molecule has 0 radical (unpaired) electrons. The van der Waals surface area contributed by atoms with Gasteiger partial charge >= 0.3 is 0 Å². The summed E-state index contributed by atoms with van der Waals surface area (Å²) in [7, 11) is 0. The predicted octanol–water partition coefficient (Wildman–Crippen LogP) is 3.29. The fraction of sp³-hybridized carbons (Fsp3) is 0.0714. The summed E-state index contributed by atoms with van der Waals surface area (Å²) in [6.45, 7) is 1.89. The maximum absolute atomic E-state index is 6.15. The molecular weight excluding hydrogens is 336 g/mol. The molecule has 0 fully saturated rings. The van der Waals surface area contributed by atoms with Crippen molar-refractivity contribution in [1.82, 2.24) is 29.8 Å². The standard InChI is InChI=1S/C14H9ClN6OS/c1-8-6-11(21-13(18-8)16-7-17-21)23-14-20-19-12(22-14)9-4-2-3-5-10(9)15/h2-7H,1H3. The molecule has 0 unspecified atom stereocenters. The third-order valence-corrected chi connectivity index (χ3v) is 4.22. The van der Waals surface area contributed by atoms with Gasteiger partial charge in [-0.3, -0.25) is 0 Å². The lowest BCUT2D eigenvalue weighted by Crippen LogP contribution is -1.97. The normalized spacial score (nSPS) is 11.2. The second-order valence-corrected chi connectivity index (χ2v) is 6.04. The minimum atomic E-state index is 0.374. The van der Waals surface area contributed by atoms with Gasteiger partial charge in [0.15, 0.2) is 0 Å². The molecule has 3 heterocycles. The van der Waals surface area contributed by atoms with Gasteiger partial charge < -0.3 is 4.42 Å². The van der Waals surface area contributed by atoms with Crippen molar-refractivity contribution in [1.29, 1.82) is 0 Å². The Kier molecular flexibility index (Phi) is 3.47. The molecule has 0 spiro atoms. The summed E-state index contributed by atoms with van der Waals surface area (Å²) in [5.74, 6) is 0.900. The van der Waals surface area contributed by atoms with Crippen molar-refractivity contribution in [2.45, 2.75) is 17.2 Å². The van der Waals surface area contributed by atoms with Crippen molar-refractivity contribution < 1.29 is 4.42 Å². The van der Waals surface area contributed by atoms with Crippen LogP contribution in [0.2, 0.25) is 5.02 Å². The van der Waals surface area contributed by atoms with Gasteiger partial charge in [0.05, 0.1) is 10.6 Å². The van der Waals surface area contributed by atoms with Crippen LogP contribution in [0.4, 0.5) is 0 Å². The van der Waals surface area contributed by atoms with Crippen LogP contribution in [0.1, 0.15) is 5.69 Å². The number of aromatic nitrogens is 6. The number of fused-ring (bicyclic) bond motifs is 1. The van der Waals surface area contributed by atoms with E-state index in [-0.39, 0.29) is 0 Å². The van der Waals surface area contributed by atoms with Crippen molar-refractivity contribution in [3.8, 4) is 11.5 Å². The minimum Gasteiger partial charge on any atom is -0.411 e. The molecule has 0 N–H and O–H groups in total. The van der Waals surface area contributed by atoms with Gasteiger partial charge in [-0.1, -0.05) is 23.7 Å². The smallest absolute Gasteiger partial charge is 0.283 e. The molecule has 0 aliphatic carbocycles. The molecule has 1 aromatic carbocycles. The Morgan fingerprint density at radius 3 is 2.96 bits per heavy atom.